The second-order valence-corrected chi connectivity index (χ2v) is 7.02. The van der Waals surface area contributed by atoms with E-state index in [2.05, 4.69) is 48.5 Å². The summed E-state index contributed by atoms with van der Waals surface area (Å²) in [4.78, 5) is 0. The molecule has 2 aliphatic rings. The predicted molar refractivity (Wildman–Crippen MR) is 62.1 cm³/mol. The van der Waals surface area contributed by atoms with E-state index in [0.717, 1.165) is 17.8 Å². The largest absolute Gasteiger partial charge is 0.0619 e. The van der Waals surface area contributed by atoms with E-state index >= 15 is 0 Å². The molecule has 2 aliphatic carbocycles. The molecule has 5 atom stereocenters. The van der Waals surface area contributed by atoms with Crippen LogP contribution in [0.25, 0.3) is 0 Å². The standard InChI is InChI=1S/C14H26/c1-9-8-13(6)12(4,5)10(2)11(3)14(9,13)7/h9-11H,8H2,1-7H3. The van der Waals surface area contributed by atoms with Gasteiger partial charge < -0.3 is 0 Å². The summed E-state index contributed by atoms with van der Waals surface area (Å²) >= 11 is 0. The molecule has 0 radical (unpaired) electrons. The lowest BCUT2D eigenvalue weighted by Gasteiger charge is -2.63. The fourth-order valence-corrected chi connectivity index (χ4v) is 5.01. The van der Waals surface area contributed by atoms with Gasteiger partial charge in [-0.1, -0.05) is 48.5 Å². The summed E-state index contributed by atoms with van der Waals surface area (Å²) in [5, 5.41) is 0. The van der Waals surface area contributed by atoms with Crippen LogP contribution in [0.15, 0.2) is 0 Å². The van der Waals surface area contributed by atoms with Gasteiger partial charge in [0, 0.05) is 0 Å². The van der Waals surface area contributed by atoms with E-state index in [1.54, 1.807) is 0 Å². The van der Waals surface area contributed by atoms with Gasteiger partial charge in [-0.05, 0) is 40.4 Å². The molecule has 2 rings (SSSR count). The second kappa shape index (κ2) is 2.39. The molecule has 0 aromatic carbocycles. The quantitative estimate of drug-likeness (QED) is 0.538. The van der Waals surface area contributed by atoms with Gasteiger partial charge >= 0.3 is 0 Å². The van der Waals surface area contributed by atoms with Crippen molar-refractivity contribution in [3.63, 3.8) is 0 Å². The lowest BCUT2D eigenvalue weighted by Crippen LogP contribution is -2.57. The van der Waals surface area contributed by atoms with E-state index in [-0.39, 0.29) is 0 Å². The van der Waals surface area contributed by atoms with Crippen molar-refractivity contribution in [2.45, 2.75) is 54.9 Å². The monoisotopic (exact) mass is 194 g/mol. The average molecular weight is 194 g/mol. The highest BCUT2D eigenvalue weighted by molar-refractivity contribution is 5.20. The van der Waals surface area contributed by atoms with E-state index in [1.807, 2.05) is 0 Å². The van der Waals surface area contributed by atoms with Crippen LogP contribution >= 0.6 is 0 Å². The van der Waals surface area contributed by atoms with Gasteiger partial charge in [0.05, 0.1) is 0 Å². The summed E-state index contributed by atoms with van der Waals surface area (Å²) in [7, 11) is 0. The van der Waals surface area contributed by atoms with Gasteiger partial charge in [-0.3, -0.25) is 0 Å². The van der Waals surface area contributed by atoms with E-state index in [0.29, 0.717) is 16.2 Å². The maximum Gasteiger partial charge on any atom is -0.0210 e. The summed E-state index contributed by atoms with van der Waals surface area (Å²) in [5.74, 6) is 2.67. The van der Waals surface area contributed by atoms with Gasteiger partial charge in [0.2, 0.25) is 0 Å². The molecule has 0 bridgehead atoms. The Morgan fingerprint density at radius 2 is 1.36 bits per heavy atom. The molecule has 0 heterocycles. The normalized spacial score (nSPS) is 60.6. The average Bonchev–Trinajstić information content (AvgIpc) is 2.18. The van der Waals surface area contributed by atoms with Crippen LogP contribution in [0.5, 0.6) is 0 Å². The molecule has 2 fully saturated rings. The van der Waals surface area contributed by atoms with Crippen molar-refractivity contribution in [1.29, 1.82) is 0 Å². The minimum absolute atomic E-state index is 0.522. The van der Waals surface area contributed by atoms with Crippen LogP contribution in [0, 0.1) is 34.0 Å². The highest BCUT2D eigenvalue weighted by Crippen LogP contribution is 2.79. The molecule has 0 saturated heterocycles. The van der Waals surface area contributed by atoms with Crippen LogP contribution in [0.4, 0.5) is 0 Å². The van der Waals surface area contributed by atoms with Crippen LogP contribution < -0.4 is 0 Å². The third-order valence-corrected chi connectivity index (χ3v) is 7.18. The summed E-state index contributed by atoms with van der Waals surface area (Å²) in [6.07, 6.45) is 1.44. The molecule has 82 valence electrons. The van der Waals surface area contributed by atoms with Crippen LogP contribution in [0.1, 0.15) is 54.9 Å². The molecule has 0 N–H and O–H groups in total. The molecular formula is C14H26. The van der Waals surface area contributed by atoms with E-state index < -0.39 is 0 Å². The molecule has 0 aliphatic heterocycles. The Labute approximate surface area is 89.5 Å². The van der Waals surface area contributed by atoms with Crippen molar-refractivity contribution in [3.8, 4) is 0 Å². The van der Waals surface area contributed by atoms with Gasteiger partial charge in [0.25, 0.3) is 0 Å². The van der Waals surface area contributed by atoms with Crippen LogP contribution in [0.3, 0.4) is 0 Å². The number of rotatable bonds is 0. The SMILES string of the molecule is CC1C(C)C2(C)C(C)CC2(C)C1(C)C. The number of hydrogen-bond donors (Lipinski definition) is 0. The van der Waals surface area contributed by atoms with Gasteiger partial charge in [-0.15, -0.1) is 0 Å². The highest BCUT2D eigenvalue weighted by Gasteiger charge is 2.72. The molecule has 0 aromatic rings. The van der Waals surface area contributed by atoms with Crippen LogP contribution in [-0.2, 0) is 0 Å². The molecule has 0 nitrogen and oxygen atoms in total. The smallest absolute Gasteiger partial charge is 0.0210 e. The molecule has 0 spiro atoms. The Bertz CT molecular complexity index is 263. The first-order valence-electron chi connectivity index (χ1n) is 6.19. The number of hydrogen-bond acceptors (Lipinski definition) is 0. The minimum atomic E-state index is 0.522. The molecule has 14 heavy (non-hydrogen) atoms. The molecule has 0 heteroatoms. The fourth-order valence-electron chi connectivity index (χ4n) is 5.01. The first-order valence-corrected chi connectivity index (χ1v) is 6.19. The second-order valence-electron chi connectivity index (χ2n) is 7.02. The Morgan fingerprint density at radius 3 is 1.64 bits per heavy atom. The molecule has 0 amide bonds. The zero-order chi connectivity index (χ0) is 10.9. The van der Waals surface area contributed by atoms with Crippen molar-refractivity contribution in [2.75, 3.05) is 0 Å². The zero-order valence-electron chi connectivity index (χ0n) is 10.9. The maximum atomic E-state index is 2.54. The van der Waals surface area contributed by atoms with Crippen LogP contribution in [-0.4, -0.2) is 0 Å². The van der Waals surface area contributed by atoms with Crippen molar-refractivity contribution in [3.05, 3.63) is 0 Å². The predicted octanol–water partition coefficient (Wildman–Crippen LogP) is 4.35. The van der Waals surface area contributed by atoms with Crippen molar-refractivity contribution in [2.24, 2.45) is 34.0 Å². The van der Waals surface area contributed by atoms with E-state index in [4.69, 9.17) is 0 Å². The van der Waals surface area contributed by atoms with Gasteiger partial charge in [-0.2, -0.15) is 0 Å². The Morgan fingerprint density at radius 1 is 0.857 bits per heavy atom. The lowest BCUT2D eigenvalue weighted by atomic mass is 9.41. The Balaban J connectivity index is 2.50. The van der Waals surface area contributed by atoms with Gasteiger partial charge in [-0.25, -0.2) is 0 Å². The first kappa shape index (κ1) is 10.5. The van der Waals surface area contributed by atoms with E-state index in [1.165, 1.54) is 6.42 Å². The fraction of sp³-hybridized carbons (Fsp3) is 1.00. The summed E-state index contributed by atoms with van der Waals surface area (Å²) in [5.41, 5.74) is 1.70. The van der Waals surface area contributed by atoms with Crippen molar-refractivity contribution in [1.82, 2.24) is 0 Å². The van der Waals surface area contributed by atoms with Gasteiger partial charge in [0.15, 0.2) is 0 Å². The minimum Gasteiger partial charge on any atom is -0.0619 e. The Kier molecular flexibility index (Phi) is 1.79. The molecule has 2 saturated carbocycles. The lowest BCUT2D eigenvalue weighted by molar-refractivity contribution is -0.151. The summed E-state index contributed by atoms with van der Waals surface area (Å²) < 4.78 is 0. The molecule has 5 unspecified atom stereocenters. The third kappa shape index (κ3) is 0.717. The van der Waals surface area contributed by atoms with E-state index in [9.17, 15) is 0 Å². The molecular weight excluding hydrogens is 168 g/mol. The van der Waals surface area contributed by atoms with Crippen molar-refractivity contribution < 1.29 is 0 Å². The highest BCUT2D eigenvalue weighted by atomic mass is 14.8. The number of fused-ring (bicyclic) bond motifs is 1. The summed E-state index contributed by atoms with van der Waals surface area (Å²) in [6.45, 7) is 17.5. The van der Waals surface area contributed by atoms with Gasteiger partial charge in [0.1, 0.15) is 0 Å². The third-order valence-electron chi connectivity index (χ3n) is 7.18. The summed E-state index contributed by atoms with van der Waals surface area (Å²) in [6, 6.07) is 0. The van der Waals surface area contributed by atoms with Crippen molar-refractivity contribution >= 4 is 0 Å². The Hall–Kier alpha value is 0. The topological polar surface area (TPSA) is 0 Å². The zero-order valence-corrected chi connectivity index (χ0v) is 10.9. The molecule has 0 aromatic heterocycles. The van der Waals surface area contributed by atoms with Crippen LogP contribution in [0.2, 0.25) is 0 Å². The first-order chi connectivity index (χ1) is 6.19. The maximum absolute atomic E-state index is 2.54.